The number of fused-ring (bicyclic) bond motifs is 1. The van der Waals surface area contributed by atoms with Crippen molar-refractivity contribution in [3.63, 3.8) is 0 Å². The predicted molar refractivity (Wildman–Crippen MR) is 151 cm³/mol. The molecule has 0 aromatic heterocycles. The molecule has 1 aliphatic heterocycles. The van der Waals surface area contributed by atoms with Crippen molar-refractivity contribution < 1.29 is 13.2 Å². The van der Waals surface area contributed by atoms with Crippen LogP contribution >= 0.6 is 0 Å². The van der Waals surface area contributed by atoms with Crippen LogP contribution in [0.25, 0.3) is 0 Å². The molecule has 1 heterocycles. The number of amides is 1. The third-order valence-corrected chi connectivity index (χ3v) is 12.0. The maximum absolute atomic E-state index is 14.5. The van der Waals surface area contributed by atoms with E-state index < -0.39 is 16.1 Å². The van der Waals surface area contributed by atoms with Crippen molar-refractivity contribution in [2.24, 2.45) is 21.7 Å². The zero-order chi connectivity index (χ0) is 26.5. The predicted octanol–water partition coefficient (Wildman–Crippen LogP) is 6.15. The highest BCUT2D eigenvalue weighted by molar-refractivity contribution is 7.90. The molecule has 3 aliphatic carbocycles. The second kappa shape index (κ2) is 9.48. The van der Waals surface area contributed by atoms with Gasteiger partial charge in [-0.05, 0) is 62.7 Å². The van der Waals surface area contributed by atoms with Gasteiger partial charge in [0.1, 0.15) is 6.04 Å². The molecule has 0 N–H and O–H groups in total. The molecule has 6 rings (SSSR count). The smallest absolute Gasteiger partial charge is 0.261 e. The van der Waals surface area contributed by atoms with Gasteiger partial charge in [0.15, 0.2) is 0 Å². The third-order valence-electron chi connectivity index (χ3n) is 10.1. The van der Waals surface area contributed by atoms with Gasteiger partial charge in [-0.1, -0.05) is 86.2 Å². The fourth-order valence-corrected chi connectivity index (χ4v) is 10.5. The van der Waals surface area contributed by atoms with Gasteiger partial charge in [0.2, 0.25) is 10.0 Å². The number of rotatable bonds is 6. The largest absolute Gasteiger partial charge is 0.271 e. The Bertz CT molecular complexity index is 1340. The molecule has 38 heavy (non-hydrogen) atoms. The minimum atomic E-state index is -3.72. The molecule has 2 saturated carbocycles. The number of benzene rings is 2. The second-order valence-electron chi connectivity index (χ2n) is 12.3. The molecule has 5 nitrogen and oxygen atoms in total. The Kier molecular flexibility index (Phi) is 6.37. The minimum absolute atomic E-state index is 0.0797. The average molecular weight is 531 g/mol. The van der Waals surface area contributed by atoms with Gasteiger partial charge in [-0.15, -0.1) is 0 Å². The Labute approximate surface area is 227 Å². The summed E-state index contributed by atoms with van der Waals surface area (Å²) in [7, 11) is -3.72. The van der Waals surface area contributed by atoms with Crippen LogP contribution in [0.3, 0.4) is 0 Å². The highest BCUT2D eigenvalue weighted by atomic mass is 32.2. The topological polar surface area (TPSA) is 66.8 Å². The molecule has 2 aromatic carbocycles. The zero-order valence-corrected chi connectivity index (χ0v) is 23.3. The van der Waals surface area contributed by atoms with E-state index in [1.807, 2.05) is 60.7 Å². The van der Waals surface area contributed by atoms with Gasteiger partial charge >= 0.3 is 0 Å². The average Bonchev–Trinajstić information content (AvgIpc) is 3.40. The molecular formula is C32H38N2O3S. The summed E-state index contributed by atoms with van der Waals surface area (Å²) in [5.74, 6) is 0.208. The number of nitrogens with zero attached hydrogens (tertiary/aromatic N) is 2. The quantitative estimate of drug-likeness (QED) is 0.332. The summed E-state index contributed by atoms with van der Waals surface area (Å²) in [4.78, 5) is 19.6. The molecular weight excluding hydrogens is 492 g/mol. The lowest BCUT2D eigenvalue weighted by Gasteiger charge is -2.37. The lowest BCUT2D eigenvalue weighted by Crippen LogP contribution is -2.47. The van der Waals surface area contributed by atoms with Crippen molar-refractivity contribution in [2.75, 3.05) is 5.75 Å². The number of sulfonamides is 1. The van der Waals surface area contributed by atoms with E-state index in [9.17, 15) is 13.2 Å². The Balaban J connectivity index is 1.44. The van der Waals surface area contributed by atoms with Gasteiger partial charge in [0.05, 0.1) is 17.5 Å². The van der Waals surface area contributed by atoms with Gasteiger partial charge in [-0.2, -0.15) is 0 Å². The van der Waals surface area contributed by atoms with E-state index in [-0.39, 0.29) is 28.5 Å². The zero-order valence-electron chi connectivity index (χ0n) is 22.5. The van der Waals surface area contributed by atoms with Crippen molar-refractivity contribution in [3.05, 3.63) is 83.4 Å². The van der Waals surface area contributed by atoms with Crippen molar-refractivity contribution in [2.45, 2.75) is 77.3 Å². The molecule has 2 bridgehead atoms. The van der Waals surface area contributed by atoms with E-state index >= 15 is 0 Å². The van der Waals surface area contributed by atoms with Gasteiger partial charge in [-0.25, -0.2) is 12.7 Å². The molecule has 0 unspecified atom stereocenters. The summed E-state index contributed by atoms with van der Waals surface area (Å²) >= 11 is 0. The Morgan fingerprint density at radius 3 is 2.26 bits per heavy atom. The number of hydrogen-bond donors (Lipinski definition) is 0. The first-order chi connectivity index (χ1) is 18.2. The van der Waals surface area contributed by atoms with Crippen LogP contribution in [-0.4, -0.2) is 42.2 Å². The number of carbonyl (C=O) groups is 1. The van der Waals surface area contributed by atoms with Crippen LogP contribution in [0.1, 0.15) is 76.3 Å². The molecule has 6 heteroatoms. The van der Waals surface area contributed by atoms with Crippen LogP contribution in [0, 0.1) is 16.7 Å². The van der Waals surface area contributed by atoms with Crippen LogP contribution in [0.2, 0.25) is 0 Å². The Morgan fingerprint density at radius 1 is 1.03 bits per heavy atom. The van der Waals surface area contributed by atoms with E-state index in [0.29, 0.717) is 12.3 Å². The maximum Gasteiger partial charge on any atom is 0.261 e. The van der Waals surface area contributed by atoms with E-state index in [2.05, 4.69) is 19.9 Å². The van der Waals surface area contributed by atoms with Crippen LogP contribution in [0.4, 0.5) is 0 Å². The third kappa shape index (κ3) is 4.07. The fraction of sp³-hybridized carbons (Fsp3) is 0.500. The highest BCUT2D eigenvalue weighted by Crippen LogP contribution is 2.70. The van der Waals surface area contributed by atoms with Crippen LogP contribution < -0.4 is 0 Å². The SMILES string of the molecule is CC1(C)[C@@H]2CC[C@]13CS(=O)(=O)N(C(=O)[C@@H](CC1=CCCCC1)N=C(c1ccccc1)c1ccccc1)[C@H]3C2. The van der Waals surface area contributed by atoms with Crippen molar-refractivity contribution in [1.82, 2.24) is 4.31 Å². The molecule has 200 valence electrons. The lowest BCUT2D eigenvalue weighted by atomic mass is 9.69. The van der Waals surface area contributed by atoms with Crippen molar-refractivity contribution >= 4 is 21.6 Å². The van der Waals surface area contributed by atoms with Gasteiger partial charge < -0.3 is 0 Å². The summed E-state index contributed by atoms with van der Waals surface area (Å²) in [6.45, 7) is 4.44. The Morgan fingerprint density at radius 2 is 1.68 bits per heavy atom. The molecule has 4 atom stereocenters. The fourth-order valence-electron chi connectivity index (χ4n) is 7.92. The van der Waals surface area contributed by atoms with E-state index in [1.54, 1.807) is 0 Å². The summed E-state index contributed by atoms with van der Waals surface area (Å²) < 4.78 is 28.8. The van der Waals surface area contributed by atoms with Crippen molar-refractivity contribution in [3.8, 4) is 0 Å². The first-order valence-electron chi connectivity index (χ1n) is 14.2. The number of carbonyl (C=O) groups excluding carboxylic acids is 1. The summed E-state index contributed by atoms with van der Waals surface area (Å²) in [5, 5.41) is 0. The monoisotopic (exact) mass is 530 g/mol. The maximum atomic E-state index is 14.5. The first kappa shape index (κ1) is 25.5. The van der Waals surface area contributed by atoms with Crippen LogP contribution in [-0.2, 0) is 14.8 Å². The normalized spacial score (nSPS) is 29.4. The van der Waals surface area contributed by atoms with Crippen molar-refractivity contribution in [1.29, 1.82) is 0 Å². The molecule has 1 spiro atoms. The number of hydrogen-bond acceptors (Lipinski definition) is 4. The summed E-state index contributed by atoms with van der Waals surface area (Å²) in [6.07, 6.45) is 9.65. The second-order valence-corrected chi connectivity index (χ2v) is 14.1. The standard InChI is InChI=1S/C32H38N2O3S/c1-31(2)26-18-19-32(31)22-38(36,37)34(28(32)21-26)30(35)27(20-23-12-6-3-7-13-23)33-29(24-14-8-4-9-15-24)25-16-10-5-11-17-25/h4-5,8-12,14-17,26-28H,3,6-7,13,18-22H2,1-2H3/t26-,27-,28+,32-/m1/s1. The molecule has 0 radical (unpaired) electrons. The number of allylic oxidation sites excluding steroid dienone is 1. The van der Waals surface area contributed by atoms with Gasteiger partial charge in [-0.3, -0.25) is 9.79 Å². The highest BCUT2D eigenvalue weighted by Gasteiger charge is 2.72. The minimum Gasteiger partial charge on any atom is -0.271 e. The van der Waals surface area contributed by atoms with E-state index in [1.165, 1.54) is 9.88 Å². The first-order valence-corrected chi connectivity index (χ1v) is 15.8. The molecule has 3 fully saturated rings. The van der Waals surface area contributed by atoms with Crippen LogP contribution in [0.15, 0.2) is 77.3 Å². The molecule has 2 aromatic rings. The summed E-state index contributed by atoms with van der Waals surface area (Å²) in [6, 6.07) is 18.8. The lowest BCUT2D eigenvalue weighted by molar-refractivity contribution is -0.130. The molecule has 1 saturated heterocycles. The molecule has 1 amide bonds. The molecule has 4 aliphatic rings. The van der Waals surface area contributed by atoms with E-state index in [4.69, 9.17) is 4.99 Å². The van der Waals surface area contributed by atoms with E-state index in [0.717, 1.165) is 61.8 Å². The van der Waals surface area contributed by atoms with Gasteiger partial charge in [0, 0.05) is 16.5 Å². The Hall–Kier alpha value is -2.73. The summed E-state index contributed by atoms with van der Waals surface area (Å²) in [5.41, 5.74) is 3.39. The van der Waals surface area contributed by atoms with Crippen LogP contribution in [0.5, 0.6) is 0 Å². The number of aliphatic imine (C=N–C) groups is 1. The van der Waals surface area contributed by atoms with Gasteiger partial charge in [0.25, 0.3) is 5.91 Å².